The predicted octanol–water partition coefficient (Wildman–Crippen LogP) is 2.15. The monoisotopic (exact) mass is 233 g/mol. The van der Waals surface area contributed by atoms with E-state index in [0.717, 1.165) is 11.1 Å². The van der Waals surface area contributed by atoms with E-state index >= 15 is 0 Å². The Bertz CT molecular complexity index is 574. The normalized spacial score (nSPS) is 11.3. The van der Waals surface area contributed by atoms with Crippen molar-refractivity contribution in [2.24, 2.45) is 0 Å². The molecule has 0 spiro atoms. The molecular weight excluding hydrogens is 222 g/mol. The molecule has 0 unspecified atom stereocenters. The molecule has 0 radical (unpaired) electrons. The smallest absolute Gasteiger partial charge is 0.175 e. The van der Waals surface area contributed by atoms with Gasteiger partial charge in [-0.25, -0.2) is 8.42 Å². The van der Waals surface area contributed by atoms with E-state index in [1.165, 1.54) is 6.26 Å². The van der Waals surface area contributed by atoms with Gasteiger partial charge in [-0.2, -0.15) is 0 Å². The lowest BCUT2D eigenvalue weighted by atomic mass is 10.1. The maximum absolute atomic E-state index is 11.3. The minimum Gasteiger partial charge on any atom is -0.265 e. The summed E-state index contributed by atoms with van der Waals surface area (Å²) in [5, 5.41) is 0. The average Bonchev–Trinajstić information content (AvgIpc) is 2.29. The zero-order valence-corrected chi connectivity index (χ0v) is 9.61. The summed E-state index contributed by atoms with van der Waals surface area (Å²) in [6.07, 6.45) is 4.62. The summed E-state index contributed by atoms with van der Waals surface area (Å²) in [5.41, 5.74) is 2.00. The van der Waals surface area contributed by atoms with Crippen LogP contribution in [0.2, 0.25) is 0 Å². The quantitative estimate of drug-likeness (QED) is 0.798. The first-order valence-corrected chi connectivity index (χ1v) is 6.67. The minimum absolute atomic E-state index is 0.338. The molecule has 0 N–H and O–H groups in total. The van der Waals surface area contributed by atoms with Gasteiger partial charge in [-0.15, -0.1) is 0 Å². The Morgan fingerprint density at radius 1 is 0.875 bits per heavy atom. The maximum Gasteiger partial charge on any atom is 0.175 e. The molecule has 3 nitrogen and oxygen atoms in total. The molecule has 2 rings (SSSR count). The highest BCUT2D eigenvalue weighted by Gasteiger charge is 2.06. The molecule has 1 aromatic heterocycles. The Kier molecular flexibility index (Phi) is 2.75. The molecule has 2 aromatic rings. The third-order valence-electron chi connectivity index (χ3n) is 2.30. The Morgan fingerprint density at radius 2 is 1.38 bits per heavy atom. The van der Waals surface area contributed by atoms with E-state index in [-0.39, 0.29) is 0 Å². The summed E-state index contributed by atoms with van der Waals surface area (Å²) in [6.45, 7) is 0. The highest BCUT2D eigenvalue weighted by molar-refractivity contribution is 7.90. The summed E-state index contributed by atoms with van der Waals surface area (Å²) in [5.74, 6) is 0. The molecule has 1 aromatic carbocycles. The van der Waals surface area contributed by atoms with Crippen molar-refractivity contribution >= 4 is 9.84 Å². The van der Waals surface area contributed by atoms with Crippen LogP contribution < -0.4 is 0 Å². The molecule has 16 heavy (non-hydrogen) atoms. The molecule has 0 aliphatic heterocycles. The van der Waals surface area contributed by atoms with Gasteiger partial charge in [-0.1, -0.05) is 12.1 Å². The zero-order valence-electron chi connectivity index (χ0n) is 8.79. The number of benzene rings is 1. The highest BCUT2D eigenvalue weighted by Crippen LogP contribution is 2.20. The summed E-state index contributed by atoms with van der Waals surface area (Å²) < 4.78 is 22.5. The Hall–Kier alpha value is -1.68. The van der Waals surface area contributed by atoms with Crippen molar-refractivity contribution in [3.63, 3.8) is 0 Å². The fourth-order valence-corrected chi connectivity index (χ4v) is 2.07. The van der Waals surface area contributed by atoms with Gasteiger partial charge in [0.05, 0.1) is 4.90 Å². The van der Waals surface area contributed by atoms with Crippen molar-refractivity contribution in [2.45, 2.75) is 4.90 Å². The van der Waals surface area contributed by atoms with E-state index in [1.807, 2.05) is 12.1 Å². The van der Waals surface area contributed by atoms with Gasteiger partial charge in [0.25, 0.3) is 0 Å². The number of nitrogens with zero attached hydrogens (tertiary/aromatic N) is 1. The summed E-state index contributed by atoms with van der Waals surface area (Å²) in [4.78, 5) is 4.27. The van der Waals surface area contributed by atoms with Crippen LogP contribution in [0.25, 0.3) is 11.1 Å². The van der Waals surface area contributed by atoms with Crippen molar-refractivity contribution < 1.29 is 8.42 Å². The standard InChI is InChI=1S/C12H11NO2S/c1-16(14,15)12-4-2-10(3-5-12)11-6-8-13-9-7-11/h2-9H,1H3. The molecule has 0 aliphatic rings. The van der Waals surface area contributed by atoms with Gasteiger partial charge in [0.1, 0.15) is 0 Å². The summed E-state index contributed by atoms with van der Waals surface area (Å²) in [6, 6.07) is 10.6. The van der Waals surface area contributed by atoms with E-state index in [2.05, 4.69) is 4.98 Å². The van der Waals surface area contributed by atoms with Gasteiger partial charge in [0.2, 0.25) is 0 Å². The SMILES string of the molecule is CS(=O)(=O)c1ccc(-c2ccncc2)cc1. The lowest BCUT2D eigenvalue weighted by molar-refractivity contribution is 0.602. The number of aromatic nitrogens is 1. The first kappa shape index (κ1) is 10.8. The topological polar surface area (TPSA) is 47.0 Å². The van der Waals surface area contributed by atoms with Crippen LogP contribution in [0, 0.1) is 0 Å². The van der Waals surface area contributed by atoms with E-state index < -0.39 is 9.84 Å². The summed E-state index contributed by atoms with van der Waals surface area (Å²) in [7, 11) is -3.11. The third kappa shape index (κ3) is 2.28. The van der Waals surface area contributed by atoms with Gasteiger partial charge in [0.15, 0.2) is 9.84 Å². The fourth-order valence-electron chi connectivity index (χ4n) is 1.44. The van der Waals surface area contributed by atoms with Gasteiger partial charge in [0, 0.05) is 18.6 Å². The Labute approximate surface area is 94.7 Å². The van der Waals surface area contributed by atoms with E-state index in [4.69, 9.17) is 0 Å². The fraction of sp³-hybridized carbons (Fsp3) is 0.0833. The van der Waals surface area contributed by atoms with Crippen molar-refractivity contribution in [3.8, 4) is 11.1 Å². The molecule has 1 heterocycles. The van der Waals surface area contributed by atoms with Crippen molar-refractivity contribution in [1.29, 1.82) is 0 Å². The maximum atomic E-state index is 11.3. The first-order chi connectivity index (χ1) is 7.57. The van der Waals surface area contributed by atoms with E-state index in [9.17, 15) is 8.42 Å². The molecule has 82 valence electrons. The van der Waals surface area contributed by atoms with Gasteiger partial charge in [-0.3, -0.25) is 4.98 Å². The van der Waals surface area contributed by atoms with Crippen LogP contribution in [0.15, 0.2) is 53.7 Å². The van der Waals surface area contributed by atoms with Crippen LogP contribution in [-0.4, -0.2) is 19.7 Å². The van der Waals surface area contributed by atoms with Gasteiger partial charge >= 0.3 is 0 Å². The second-order valence-electron chi connectivity index (χ2n) is 3.53. The molecule has 0 saturated heterocycles. The first-order valence-electron chi connectivity index (χ1n) is 4.78. The Morgan fingerprint density at radius 3 is 1.88 bits per heavy atom. The van der Waals surface area contributed by atoms with Crippen LogP contribution >= 0.6 is 0 Å². The lowest BCUT2D eigenvalue weighted by Crippen LogP contribution is -1.96. The minimum atomic E-state index is -3.11. The summed E-state index contributed by atoms with van der Waals surface area (Å²) >= 11 is 0. The number of pyridine rings is 1. The second-order valence-corrected chi connectivity index (χ2v) is 5.55. The third-order valence-corrected chi connectivity index (χ3v) is 3.42. The number of hydrogen-bond acceptors (Lipinski definition) is 3. The molecule has 4 heteroatoms. The molecular formula is C12H11NO2S. The average molecular weight is 233 g/mol. The van der Waals surface area contributed by atoms with Crippen LogP contribution in [0.4, 0.5) is 0 Å². The molecule has 0 aliphatic carbocycles. The van der Waals surface area contributed by atoms with Crippen LogP contribution in [-0.2, 0) is 9.84 Å². The number of sulfone groups is 1. The Balaban J connectivity index is 2.41. The lowest BCUT2D eigenvalue weighted by Gasteiger charge is -2.02. The zero-order chi connectivity index (χ0) is 11.6. The molecule has 0 amide bonds. The highest BCUT2D eigenvalue weighted by atomic mass is 32.2. The van der Waals surface area contributed by atoms with Crippen molar-refractivity contribution in [1.82, 2.24) is 4.98 Å². The van der Waals surface area contributed by atoms with Crippen LogP contribution in [0.1, 0.15) is 0 Å². The molecule has 0 bridgehead atoms. The van der Waals surface area contributed by atoms with Crippen LogP contribution in [0.5, 0.6) is 0 Å². The predicted molar refractivity (Wildman–Crippen MR) is 62.8 cm³/mol. The molecule has 0 saturated carbocycles. The van der Waals surface area contributed by atoms with Crippen molar-refractivity contribution in [3.05, 3.63) is 48.8 Å². The van der Waals surface area contributed by atoms with E-state index in [0.29, 0.717) is 4.90 Å². The second kappa shape index (κ2) is 4.06. The largest absolute Gasteiger partial charge is 0.265 e. The number of hydrogen-bond donors (Lipinski definition) is 0. The van der Waals surface area contributed by atoms with Crippen molar-refractivity contribution in [2.75, 3.05) is 6.26 Å². The van der Waals surface area contributed by atoms with Crippen LogP contribution in [0.3, 0.4) is 0 Å². The van der Waals surface area contributed by atoms with Gasteiger partial charge < -0.3 is 0 Å². The molecule has 0 fully saturated rings. The van der Waals surface area contributed by atoms with E-state index in [1.54, 1.807) is 36.7 Å². The number of rotatable bonds is 2. The molecule has 0 atom stereocenters. The van der Waals surface area contributed by atoms with Gasteiger partial charge in [-0.05, 0) is 35.4 Å².